The highest BCUT2D eigenvalue weighted by Gasteiger charge is 2.16. The lowest BCUT2D eigenvalue weighted by Gasteiger charge is -2.10. The molecule has 0 saturated heterocycles. The summed E-state index contributed by atoms with van der Waals surface area (Å²) in [6, 6.07) is 5.49. The van der Waals surface area contributed by atoms with E-state index in [1.807, 2.05) is 0 Å². The van der Waals surface area contributed by atoms with Gasteiger partial charge in [0.15, 0.2) is 0 Å². The van der Waals surface area contributed by atoms with Crippen LogP contribution in [0.25, 0.3) is 11.5 Å². The Hall–Kier alpha value is -4.02. The van der Waals surface area contributed by atoms with Gasteiger partial charge in [-0.1, -0.05) is 11.2 Å². The van der Waals surface area contributed by atoms with Gasteiger partial charge in [-0.3, -0.25) is 15.1 Å². The number of aromatic nitrogens is 3. The molecule has 0 aliphatic heterocycles. The van der Waals surface area contributed by atoms with Gasteiger partial charge in [0.2, 0.25) is 0 Å². The Morgan fingerprint density at radius 1 is 1.20 bits per heavy atom. The number of urea groups is 1. The number of rotatable bonds is 7. The molecule has 11 heteroatoms. The minimum absolute atomic E-state index is 0.0770. The first-order chi connectivity index (χ1) is 14.5. The Balaban J connectivity index is 1.71. The van der Waals surface area contributed by atoms with Gasteiger partial charge >= 0.3 is 18.0 Å². The van der Waals surface area contributed by atoms with Crippen molar-refractivity contribution < 1.29 is 23.1 Å². The number of halogens is 1. The van der Waals surface area contributed by atoms with E-state index in [2.05, 4.69) is 31.1 Å². The van der Waals surface area contributed by atoms with Crippen LogP contribution < -0.4 is 16.0 Å². The van der Waals surface area contributed by atoms with E-state index >= 15 is 0 Å². The maximum absolute atomic E-state index is 14.2. The minimum atomic E-state index is -0.715. The lowest BCUT2D eigenvalue weighted by Crippen LogP contribution is -2.34. The summed E-state index contributed by atoms with van der Waals surface area (Å²) < 4.78 is 24.3. The third-order valence-electron chi connectivity index (χ3n) is 3.79. The van der Waals surface area contributed by atoms with Crippen molar-refractivity contribution in [3.8, 4) is 11.5 Å². The number of pyridine rings is 1. The fourth-order valence-electron chi connectivity index (χ4n) is 2.44. The highest BCUT2D eigenvalue weighted by atomic mass is 19.1. The van der Waals surface area contributed by atoms with Crippen LogP contribution in [0.5, 0.6) is 0 Å². The van der Waals surface area contributed by atoms with Crippen molar-refractivity contribution >= 4 is 29.4 Å². The molecule has 3 rings (SSSR count). The van der Waals surface area contributed by atoms with Crippen molar-refractivity contribution in [2.75, 3.05) is 23.8 Å². The fourth-order valence-corrected chi connectivity index (χ4v) is 2.44. The highest BCUT2D eigenvalue weighted by Crippen LogP contribution is 2.30. The molecule has 2 aromatic heterocycles. The van der Waals surface area contributed by atoms with E-state index in [1.165, 1.54) is 18.5 Å². The molecule has 3 aromatic rings. The third kappa shape index (κ3) is 5.28. The van der Waals surface area contributed by atoms with Crippen LogP contribution >= 0.6 is 0 Å². The summed E-state index contributed by atoms with van der Waals surface area (Å²) in [5, 5.41) is 15.2. The summed E-state index contributed by atoms with van der Waals surface area (Å²) in [5.74, 6) is -0.918. The van der Waals surface area contributed by atoms with Crippen molar-refractivity contribution in [3.63, 3.8) is 0 Å². The van der Waals surface area contributed by atoms with Crippen LogP contribution in [0.1, 0.15) is 12.5 Å². The molecule has 2 amide bonds. The lowest BCUT2D eigenvalue weighted by atomic mass is 10.2. The van der Waals surface area contributed by atoms with Crippen LogP contribution in [0.2, 0.25) is 0 Å². The molecule has 30 heavy (non-hydrogen) atoms. The third-order valence-corrected chi connectivity index (χ3v) is 3.79. The Bertz CT molecular complexity index is 1060. The SMILES string of the molecule is CCOC(=O)CNC(=O)Nc1nnc(-c2ccncc2Nc2ccc(C)cc2F)o1. The van der Waals surface area contributed by atoms with E-state index in [0.717, 1.165) is 5.56 Å². The summed E-state index contributed by atoms with van der Waals surface area (Å²) in [4.78, 5) is 27.1. The number of hydrogen-bond donors (Lipinski definition) is 3. The number of amides is 2. The monoisotopic (exact) mass is 414 g/mol. The number of carbonyl (C=O) groups excluding carboxylic acids is 2. The van der Waals surface area contributed by atoms with Gasteiger partial charge in [-0.25, -0.2) is 9.18 Å². The molecule has 156 valence electrons. The molecule has 1 aromatic carbocycles. The van der Waals surface area contributed by atoms with Crippen LogP contribution in [0.15, 0.2) is 41.1 Å². The van der Waals surface area contributed by atoms with E-state index in [0.29, 0.717) is 11.3 Å². The van der Waals surface area contributed by atoms with Gasteiger partial charge in [-0.15, -0.1) is 5.10 Å². The van der Waals surface area contributed by atoms with Crippen LogP contribution in [0, 0.1) is 12.7 Å². The predicted molar refractivity (Wildman–Crippen MR) is 106 cm³/mol. The molecule has 0 unspecified atom stereocenters. The molecule has 0 fully saturated rings. The molecule has 0 saturated carbocycles. The van der Waals surface area contributed by atoms with Crippen LogP contribution in [-0.4, -0.2) is 40.3 Å². The van der Waals surface area contributed by atoms with Crippen LogP contribution in [0.3, 0.4) is 0 Å². The summed E-state index contributed by atoms with van der Waals surface area (Å²) in [6.07, 6.45) is 2.99. The average molecular weight is 414 g/mol. The zero-order chi connectivity index (χ0) is 21.5. The van der Waals surface area contributed by atoms with E-state index in [4.69, 9.17) is 9.15 Å². The van der Waals surface area contributed by atoms with E-state index in [-0.39, 0.29) is 30.7 Å². The molecular formula is C19H19FN6O4. The Labute approximate surface area is 170 Å². The molecule has 0 radical (unpaired) electrons. The zero-order valence-electron chi connectivity index (χ0n) is 16.2. The fraction of sp³-hybridized carbons (Fsp3) is 0.211. The summed E-state index contributed by atoms with van der Waals surface area (Å²) in [7, 11) is 0. The topological polar surface area (TPSA) is 131 Å². The Morgan fingerprint density at radius 2 is 2.03 bits per heavy atom. The molecule has 0 spiro atoms. The number of nitrogens with zero attached hydrogens (tertiary/aromatic N) is 3. The first-order valence-electron chi connectivity index (χ1n) is 8.97. The molecule has 3 N–H and O–H groups in total. The molecular weight excluding hydrogens is 395 g/mol. The quantitative estimate of drug-likeness (QED) is 0.503. The smallest absolute Gasteiger partial charge is 0.325 e. The van der Waals surface area contributed by atoms with Crippen molar-refractivity contribution in [2.45, 2.75) is 13.8 Å². The largest absolute Gasteiger partial charge is 0.465 e. The number of nitrogens with one attached hydrogen (secondary N) is 3. The second-order valence-electron chi connectivity index (χ2n) is 6.05. The van der Waals surface area contributed by atoms with E-state index in [9.17, 15) is 14.0 Å². The van der Waals surface area contributed by atoms with Gasteiger partial charge in [0.25, 0.3) is 5.89 Å². The second kappa shape index (κ2) is 9.45. The van der Waals surface area contributed by atoms with Crippen LogP contribution in [0.4, 0.5) is 26.6 Å². The molecule has 0 aliphatic carbocycles. The van der Waals surface area contributed by atoms with Crippen LogP contribution in [-0.2, 0) is 9.53 Å². The number of aryl methyl sites for hydroxylation is 1. The summed E-state index contributed by atoms with van der Waals surface area (Å²) in [6.45, 7) is 3.36. The van der Waals surface area contributed by atoms with Gasteiger partial charge < -0.3 is 19.8 Å². The Morgan fingerprint density at radius 3 is 2.80 bits per heavy atom. The number of ether oxygens (including phenoxy) is 1. The summed E-state index contributed by atoms with van der Waals surface area (Å²) in [5.41, 5.74) is 1.93. The van der Waals surface area contributed by atoms with Crippen molar-refractivity contribution in [1.29, 1.82) is 0 Å². The van der Waals surface area contributed by atoms with Gasteiger partial charge in [-0.2, -0.15) is 0 Å². The van der Waals surface area contributed by atoms with E-state index < -0.39 is 17.8 Å². The number of anilines is 3. The number of benzene rings is 1. The predicted octanol–water partition coefficient (Wildman–Crippen LogP) is 3.01. The molecule has 0 atom stereocenters. The normalized spacial score (nSPS) is 10.4. The molecule has 10 nitrogen and oxygen atoms in total. The van der Waals surface area contributed by atoms with Gasteiger partial charge in [0.1, 0.15) is 12.4 Å². The van der Waals surface area contributed by atoms with Gasteiger partial charge in [0.05, 0.1) is 29.7 Å². The first-order valence-corrected chi connectivity index (χ1v) is 8.97. The standard InChI is InChI=1S/C19H19FN6O4/c1-3-29-16(27)10-22-18(28)24-19-26-25-17(30-19)12-6-7-21-9-15(12)23-14-5-4-11(2)8-13(14)20/h4-9,23H,3,10H2,1-2H3,(H2,22,24,26,28). The highest BCUT2D eigenvalue weighted by molar-refractivity contribution is 5.89. The van der Waals surface area contributed by atoms with Crippen molar-refractivity contribution in [3.05, 3.63) is 48.0 Å². The maximum Gasteiger partial charge on any atom is 0.325 e. The van der Waals surface area contributed by atoms with Crippen molar-refractivity contribution in [2.24, 2.45) is 0 Å². The van der Waals surface area contributed by atoms with Gasteiger partial charge in [-0.05, 0) is 37.6 Å². The number of carbonyl (C=O) groups is 2. The molecule has 0 bridgehead atoms. The zero-order valence-corrected chi connectivity index (χ0v) is 16.2. The summed E-state index contributed by atoms with van der Waals surface area (Å²) >= 11 is 0. The minimum Gasteiger partial charge on any atom is -0.465 e. The second-order valence-corrected chi connectivity index (χ2v) is 6.05. The number of esters is 1. The maximum atomic E-state index is 14.2. The van der Waals surface area contributed by atoms with Gasteiger partial charge in [0, 0.05) is 6.20 Å². The first kappa shape index (κ1) is 20.7. The number of hydrogen-bond acceptors (Lipinski definition) is 8. The molecule has 2 heterocycles. The van der Waals surface area contributed by atoms with Crippen molar-refractivity contribution in [1.82, 2.24) is 20.5 Å². The average Bonchev–Trinajstić information content (AvgIpc) is 3.17. The lowest BCUT2D eigenvalue weighted by molar-refractivity contribution is -0.141. The molecule has 0 aliphatic rings. The Kier molecular flexibility index (Phi) is 6.53. The van der Waals surface area contributed by atoms with E-state index in [1.54, 1.807) is 32.0 Å².